The Morgan fingerprint density at radius 3 is 2.47 bits per heavy atom. The van der Waals surface area contributed by atoms with Gasteiger partial charge in [-0.25, -0.2) is 0 Å². The number of nitrogens with one attached hydrogen (secondary N) is 1. The van der Waals surface area contributed by atoms with Crippen LogP contribution in [0.1, 0.15) is 33.6 Å². The zero-order valence-electron chi connectivity index (χ0n) is 11.0. The topological polar surface area (TPSA) is 75.4 Å². The van der Waals surface area contributed by atoms with Crippen LogP contribution >= 0.6 is 0 Å². The fourth-order valence-electron chi connectivity index (χ4n) is 2.06. The van der Waals surface area contributed by atoms with E-state index in [1.54, 1.807) is 4.90 Å². The Bertz CT molecular complexity index is 291. The van der Waals surface area contributed by atoms with Gasteiger partial charge >= 0.3 is 0 Å². The molecule has 3 N–H and O–H groups in total. The first kappa shape index (κ1) is 14.0. The number of amides is 2. The maximum atomic E-state index is 12.3. The normalized spacial score (nSPS) is 21.0. The van der Waals surface area contributed by atoms with Gasteiger partial charge in [-0.05, 0) is 19.4 Å². The highest BCUT2D eigenvalue weighted by molar-refractivity contribution is 5.87. The molecule has 1 rings (SSSR count). The quantitative estimate of drug-likeness (QED) is 0.735. The van der Waals surface area contributed by atoms with Gasteiger partial charge in [0.25, 0.3) is 0 Å². The highest BCUT2D eigenvalue weighted by Gasteiger charge is 2.33. The van der Waals surface area contributed by atoms with Crippen molar-refractivity contribution in [3.05, 3.63) is 0 Å². The predicted octanol–water partition coefficient (Wildman–Crippen LogP) is 0.0984. The predicted molar refractivity (Wildman–Crippen MR) is 66.3 cm³/mol. The van der Waals surface area contributed by atoms with Gasteiger partial charge < -0.3 is 16.0 Å². The molecule has 0 aliphatic carbocycles. The summed E-state index contributed by atoms with van der Waals surface area (Å²) in [7, 11) is 0. The Kier molecular flexibility index (Phi) is 4.51. The maximum absolute atomic E-state index is 12.3. The van der Waals surface area contributed by atoms with Crippen LogP contribution in [0, 0.1) is 5.41 Å². The second kappa shape index (κ2) is 5.49. The lowest BCUT2D eigenvalue weighted by molar-refractivity contribution is -0.145. The molecule has 1 fully saturated rings. The van der Waals surface area contributed by atoms with Gasteiger partial charge in [0.05, 0.1) is 6.54 Å². The van der Waals surface area contributed by atoms with E-state index in [0.717, 1.165) is 25.9 Å². The second-order valence-corrected chi connectivity index (χ2v) is 5.65. The van der Waals surface area contributed by atoms with Crippen LogP contribution < -0.4 is 11.1 Å². The second-order valence-electron chi connectivity index (χ2n) is 5.65. The molecule has 1 aliphatic heterocycles. The zero-order valence-corrected chi connectivity index (χ0v) is 11.0. The number of piperidine rings is 1. The van der Waals surface area contributed by atoms with Crippen molar-refractivity contribution in [2.75, 3.05) is 19.6 Å². The van der Waals surface area contributed by atoms with Crippen molar-refractivity contribution >= 4 is 11.8 Å². The van der Waals surface area contributed by atoms with Crippen LogP contribution in [0.4, 0.5) is 0 Å². The lowest BCUT2D eigenvalue weighted by Crippen LogP contribution is -2.54. The van der Waals surface area contributed by atoms with Gasteiger partial charge in [-0.3, -0.25) is 9.59 Å². The average Bonchev–Trinajstić information content (AvgIpc) is 2.24. The summed E-state index contributed by atoms with van der Waals surface area (Å²) in [5, 5.41) is 3.25. The van der Waals surface area contributed by atoms with E-state index < -0.39 is 11.3 Å². The van der Waals surface area contributed by atoms with Crippen LogP contribution in [-0.2, 0) is 9.59 Å². The number of hydrogen-bond acceptors (Lipinski definition) is 3. The third kappa shape index (κ3) is 4.00. The lowest BCUT2D eigenvalue weighted by atomic mass is 9.92. The number of primary amides is 1. The van der Waals surface area contributed by atoms with Crippen molar-refractivity contribution in [1.29, 1.82) is 0 Å². The van der Waals surface area contributed by atoms with E-state index in [4.69, 9.17) is 5.73 Å². The van der Waals surface area contributed by atoms with E-state index >= 15 is 0 Å². The first-order chi connectivity index (χ1) is 7.82. The smallest absolute Gasteiger partial charge is 0.237 e. The van der Waals surface area contributed by atoms with Gasteiger partial charge in [0.1, 0.15) is 0 Å². The van der Waals surface area contributed by atoms with E-state index in [1.165, 1.54) is 0 Å². The summed E-state index contributed by atoms with van der Waals surface area (Å²) >= 11 is 0. The minimum atomic E-state index is -0.479. The summed E-state index contributed by atoms with van der Waals surface area (Å²) in [6, 6.07) is 0.0861. The zero-order chi connectivity index (χ0) is 13.1. The largest absolute Gasteiger partial charge is 0.368 e. The molecule has 0 spiro atoms. The lowest BCUT2D eigenvalue weighted by Gasteiger charge is -2.37. The molecular formula is C12H23N3O2. The van der Waals surface area contributed by atoms with Crippen LogP contribution in [-0.4, -0.2) is 42.4 Å². The highest BCUT2D eigenvalue weighted by atomic mass is 16.2. The van der Waals surface area contributed by atoms with Gasteiger partial charge in [0.15, 0.2) is 0 Å². The minimum Gasteiger partial charge on any atom is -0.368 e. The first-order valence-electron chi connectivity index (χ1n) is 6.12. The van der Waals surface area contributed by atoms with Crippen molar-refractivity contribution in [3.63, 3.8) is 0 Å². The monoisotopic (exact) mass is 241 g/mol. The Labute approximate surface area is 103 Å². The summed E-state index contributed by atoms with van der Waals surface area (Å²) in [6.07, 6.45) is 1.96. The molecule has 0 radical (unpaired) electrons. The van der Waals surface area contributed by atoms with Crippen LogP contribution in [0.15, 0.2) is 0 Å². The molecule has 98 valence electrons. The first-order valence-corrected chi connectivity index (χ1v) is 6.12. The van der Waals surface area contributed by atoms with E-state index in [0.29, 0.717) is 0 Å². The van der Waals surface area contributed by atoms with Gasteiger partial charge in [0, 0.05) is 18.0 Å². The third-order valence-corrected chi connectivity index (χ3v) is 2.94. The Balaban J connectivity index is 2.78. The molecule has 1 unspecified atom stereocenters. The summed E-state index contributed by atoms with van der Waals surface area (Å²) in [4.78, 5) is 25.0. The van der Waals surface area contributed by atoms with Crippen molar-refractivity contribution in [2.24, 2.45) is 11.1 Å². The fraction of sp³-hybridized carbons (Fsp3) is 0.833. The van der Waals surface area contributed by atoms with E-state index in [2.05, 4.69) is 5.32 Å². The molecule has 17 heavy (non-hydrogen) atoms. The Morgan fingerprint density at radius 1 is 1.41 bits per heavy atom. The Morgan fingerprint density at radius 2 is 2.06 bits per heavy atom. The molecule has 0 aromatic heterocycles. The number of nitrogens with zero attached hydrogens (tertiary/aromatic N) is 1. The van der Waals surface area contributed by atoms with E-state index in [-0.39, 0.29) is 18.5 Å². The minimum absolute atomic E-state index is 0.00926. The Hall–Kier alpha value is -1.10. The molecule has 1 aliphatic rings. The molecular weight excluding hydrogens is 218 g/mol. The van der Waals surface area contributed by atoms with Gasteiger partial charge in [0.2, 0.25) is 11.8 Å². The van der Waals surface area contributed by atoms with Crippen LogP contribution in [0.25, 0.3) is 0 Å². The van der Waals surface area contributed by atoms with E-state index in [1.807, 2.05) is 20.8 Å². The molecule has 0 saturated carbocycles. The van der Waals surface area contributed by atoms with Crippen LogP contribution in [0.2, 0.25) is 0 Å². The van der Waals surface area contributed by atoms with Gasteiger partial charge in [-0.15, -0.1) is 0 Å². The summed E-state index contributed by atoms with van der Waals surface area (Å²) in [6.45, 7) is 7.32. The molecule has 2 amide bonds. The van der Waals surface area contributed by atoms with Crippen molar-refractivity contribution in [1.82, 2.24) is 10.2 Å². The number of carbonyl (C=O) groups is 2. The molecule has 5 heteroatoms. The molecule has 0 aromatic rings. The van der Waals surface area contributed by atoms with Crippen LogP contribution in [0.5, 0.6) is 0 Å². The fourth-order valence-corrected chi connectivity index (χ4v) is 2.06. The molecule has 1 saturated heterocycles. The van der Waals surface area contributed by atoms with Gasteiger partial charge in [-0.1, -0.05) is 20.8 Å². The number of nitrogens with two attached hydrogens (primary N) is 1. The molecule has 0 bridgehead atoms. The SMILES string of the molecule is CC(C)(C)C(=O)N(CC(N)=O)C1CCCNC1. The third-order valence-electron chi connectivity index (χ3n) is 2.94. The average molecular weight is 241 g/mol. The van der Waals surface area contributed by atoms with Crippen molar-refractivity contribution < 1.29 is 9.59 Å². The summed E-state index contributed by atoms with van der Waals surface area (Å²) in [5.41, 5.74) is 4.75. The van der Waals surface area contributed by atoms with Crippen molar-refractivity contribution in [3.8, 4) is 0 Å². The van der Waals surface area contributed by atoms with Crippen LogP contribution in [0.3, 0.4) is 0 Å². The molecule has 5 nitrogen and oxygen atoms in total. The van der Waals surface area contributed by atoms with E-state index in [9.17, 15) is 9.59 Å². The molecule has 1 atom stereocenters. The molecule has 1 heterocycles. The maximum Gasteiger partial charge on any atom is 0.237 e. The number of rotatable bonds is 3. The number of hydrogen-bond donors (Lipinski definition) is 2. The highest BCUT2D eigenvalue weighted by Crippen LogP contribution is 2.21. The van der Waals surface area contributed by atoms with Gasteiger partial charge in [-0.2, -0.15) is 0 Å². The standard InChI is InChI=1S/C12H23N3O2/c1-12(2,3)11(17)15(8-10(13)16)9-5-4-6-14-7-9/h9,14H,4-8H2,1-3H3,(H2,13,16). The summed E-state index contributed by atoms with van der Waals surface area (Å²) < 4.78 is 0. The molecule has 0 aromatic carbocycles. The summed E-state index contributed by atoms with van der Waals surface area (Å²) in [5.74, 6) is -0.460. The number of carbonyl (C=O) groups excluding carboxylic acids is 2. The van der Waals surface area contributed by atoms with Crippen molar-refractivity contribution in [2.45, 2.75) is 39.7 Å².